The van der Waals surface area contributed by atoms with Crippen molar-refractivity contribution in [3.8, 4) is 0 Å². The lowest BCUT2D eigenvalue weighted by atomic mass is 9.87. The minimum Gasteiger partial charge on any atom is -0.337 e. The van der Waals surface area contributed by atoms with Gasteiger partial charge in [0, 0.05) is 30.8 Å². The Balaban J connectivity index is 1.73. The molecule has 3 nitrogen and oxygen atoms in total. The van der Waals surface area contributed by atoms with E-state index in [0.717, 1.165) is 13.0 Å². The van der Waals surface area contributed by atoms with E-state index in [9.17, 15) is 0 Å². The molecule has 0 radical (unpaired) electrons. The minimum absolute atomic E-state index is 0.705. The number of imidazole rings is 1. The molecule has 1 aliphatic carbocycles. The molecule has 2 aromatic heterocycles. The molecule has 0 unspecified atom stereocenters. The summed E-state index contributed by atoms with van der Waals surface area (Å²) < 4.78 is 2.17. The number of fused-ring (bicyclic) bond motifs is 1. The van der Waals surface area contributed by atoms with Gasteiger partial charge >= 0.3 is 0 Å². The van der Waals surface area contributed by atoms with Crippen LogP contribution in [-0.2, 0) is 19.4 Å². The van der Waals surface area contributed by atoms with Crippen LogP contribution in [-0.4, -0.2) is 14.5 Å². The Labute approximate surface area is 95.2 Å². The summed E-state index contributed by atoms with van der Waals surface area (Å²) in [5, 5.41) is 0. The van der Waals surface area contributed by atoms with Crippen molar-refractivity contribution in [2.75, 3.05) is 0 Å². The largest absolute Gasteiger partial charge is 0.337 e. The van der Waals surface area contributed by atoms with Crippen molar-refractivity contribution in [2.45, 2.75) is 25.8 Å². The number of nitrogens with zero attached hydrogens (tertiary/aromatic N) is 3. The summed E-state index contributed by atoms with van der Waals surface area (Å²) in [6, 6.07) is 4.24. The Kier molecular flexibility index (Phi) is 2.44. The summed E-state index contributed by atoms with van der Waals surface area (Å²) in [5.41, 5.74) is 2.73. The Morgan fingerprint density at radius 2 is 2.38 bits per heavy atom. The highest BCUT2D eigenvalue weighted by atomic mass is 15.0. The topological polar surface area (TPSA) is 30.7 Å². The lowest BCUT2D eigenvalue weighted by molar-refractivity contribution is 0.390. The molecule has 0 fully saturated rings. The summed E-state index contributed by atoms with van der Waals surface area (Å²) in [7, 11) is 0. The smallest absolute Gasteiger partial charge is 0.0945 e. The van der Waals surface area contributed by atoms with Crippen molar-refractivity contribution in [2.24, 2.45) is 5.92 Å². The molecule has 2 heterocycles. The SMILES string of the molecule is c1cnc2c(c1)CC[C@H](Cn1ccnc1)C2. The van der Waals surface area contributed by atoms with E-state index in [4.69, 9.17) is 0 Å². The molecular formula is C13H15N3. The molecule has 3 rings (SSSR count). The third kappa shape index (κ3) is 1.85. The van der Waals surface area contributed by atoms with E-state index in [2.05, 4.69) is 20.6 Å². The second-order valence-corrected chi connectivity index (χ2v) is 4.48. The van der Waals surface area contributed by atoms with E-state index < -0.39 is 0 Å². The highest BCUT2D eigenvalue weighted by Gasteiger charge is 2.19. The number of rotatable bonds is 2. The number of aryl methyl sites for hydroxylation is 1. The van der Waals surface area contributed by atoms with Gasteiger partial charge in [0.05, 0.1) is 6.33 Å². The fourth-order valence-corrected chi connectivity index (χ4v) is 2.47. The maximum absolute atomic E-state index is 4.47. The summed E-state index contributed by atoms with van der Waals surface area (Å²) in [6.45, 7) is 1.07. The van der Waals surface area contributed by atoms with E-state index in [-0.39, 0.29) is 0 Å². The number of pyridine rings is 1. The fraction of sp³-hybridized carbons (Fsp3) is 0.385. The van der Waals surface area contributed by atoms with Gasteiger partial charge in [0.25, 0.3) is 0 Å². The highest BCUT2D eigenvalue weighted by Crippen LogP contribution is 2.24. The van der Waals surface area contributed by atoms with Gasteiger partial charge in [-0.05, 0) is 36.8 Å². The molecule has 1 aliphatic rings. The Bertz CT molecular complexity index is 462. The quantitative estimate of drug-likeness (QED) is 0.764. The van der Waals surface area contributed by atoms with Crippen molar-refractivity contribution < 1.29 is 0 Å². The molecule has 0 aliphatic heterocycles. The number of aromatic nitrogens is 3. The van der Waals surface area contributed by atoms with Crippen LogP contribution in [0.4, 0.5) is 0 Å². The van der Waals surface area contributed by atoms with E-state index in [0.29, 0.717) is 5.92 Å². The van der Waals surface area contributed by atoms with Gasteiger partial charge < -0.3 is 4.57 Å². The van der Waals surface area contributed by atoms with Gasteiger partial charge in [0.2, 0.25) is 0 Å². The van der Waals surface area contributed by atoms with Crippen LogP contribution in [0.3, 0.4) is 0 Å². The van der Waals surface area contributed by atoms with Crippen LogP contribution in [0.25, 0.3) is 0 Å². The average molecular weight is 213 g/mol. The van der Waals surface area contributed by atoms with Crippen LogP contribution in [0.5, 0.6) is 0 Å². The summed E-state index contributed by atoms with van der Waals surface area (Å²) in [4.78, 5) is 8.55. The molecule has 0 saturated carbocycles. The standard InChI is InChI=1S/C13H15N3/c1-2-12-4-3-11(8-13(12)15-5-1)9-16-7-6-14-10-16/h1-2,5-7,10-11H,3-4,8-9H2/t11-/m0/s1. The molecule has 3 heteroatoms. The summed E-state index contributed by atoms with van der Waals surface area (Å²) >= 11 is 0. The Morgan fingerprint density at radius 3 is 3.25 bits per heavy atom. The van der Waals surface area contributed by atoms with Gasteiger partial charge in [-0.25, -0.2) is 4.98 Å². The Morgan fingerprint density at radius 1 is 1.38 bits per heavy atom. The van der Waals surface area contributed by atoms with Gasteiger partial charge in [-0.15, -0.1) is 0 Å². The lowest BCUT2D eigenvalue weighted by Gasteiger charge is -2.23. The highest BCUT2D eigenvalue weighted by molar-refractivity contribution is 5.22. The molecule has 82 valence electrons. The molecule has 0 saturated heterocycles. The van der Waals surface area contributed by atoms with E-state index >= 15 is 0 Å². The third-order valence-corrected chi connectivity index (χ3v) is 3.32. The molecule has 1 atom stereocenters. The summed E-state index contributed by atoms with van der Waals surface area (Å²) in [5.74, 6) is 0.705. The van der Waals surface area contributed by atoms with E-state index in [1.807, 2.05) is 31.0 Å². The third-order valence-electron chi connectivity index (χ3n) is 3.32. The first kappa shape index (κ1) is 9.58. The van der Waals surface area contributed by atoms with Crippen LogP contribution in [0, 0.1) is 5.92 Å². The maximum atomic E-state index is 4.47. The van der Waals surface area contributed by atoms with Gasteiger partial charge in [-0.1, -0.05) is 6.07 Å². The molecule has 0 bridgehead atoms. The van der Waals surface area contributed by atoms with Crippen LogP contribution in [0.2, 0.25) is 0 Å². The van der Waals surface area contributed by atoms with E-state index in [1.165, 1.54) is 24.1 Å². The molecule has 0 N–H and O–H groups in total. The molecule has 0 aromatic carbocycles. The second kappa shape index (κ2) is 4.08. The average Bonchev–Trinajstić information content (AvgIpc) is 2.82. The van der Waals surface area contributed by atoms with Gasteiger partial charge in [0.1, 0.15) is 0 Å². The number of hydrogen-bond donors (Lipinski definition) is 0. The first-order valence-electron chi connectivity index (χ1n) is 5.80. The van der Waals surface area contributed by atoms with Crippen molar-refractivity contribution in [1.29, 1.82) is 0 Å². The minimum atomic E-state index is 0.705. The molecule has 16 heavy (non-hydrogen) atoms. The van der Waals surface area contributed by atoms with Crippen molar-refractivity contribution in [3.05, 3.63) is 48.3 Å². The number of hydrogen-bond acceptors (Lipinski definition) is 2. The normalized spacial score (nSPS) is 19.4. The zero-order chi connectivity index (χ0) is 10.8. The fourth-order valence-electron chi connectivity index (χ4n) is 2.47. The molecule has 2 aromatic rings. The van der Waals surface area contributed by atoms with Gasteiger partial charge in [-0.2, -0.15) is 0 Å². The van der Waals surface area contributed by atoms with Crippen LogP contribution in [0.1, 0.15) is 17.7 Å². The van der Waals surface area contributed by atoms with Crippen molar-refractivity contribution in [3.63, 3.8) is 0 Å². The van der Waals surface area contributed by atoms with Gasteiger partial charge in [0.15, 0.2) is 0 Å². The van der Waals surface area contributed by atoms with Crippen molar-refractivity contribution in [1.82, 2.24) is 14.5 Å². The monoisotopic (exact) mass is 213 g/mol. The predicted octanol–water partition coefficient (Wildman–Crippen LogP) is 2.08. The van der Waals surface area contributed by atoms with Crippen LogP contribution >= 0.6 is 0 Å². The first-order valence-corrected chi connectivity index (χ1v) is 5.80. The molecular weight excluding hydrogens is 198 g/mol. The zero-order valence-corrected chi connectivity index (χ0v) is 9.21. The second-order valence-electron chi connectivity index (χ2n) is 4.48. The predicted molar refractivity (Wildman–Crippen MR) is 62.0 cm³/mol. The molecule has 0 spiro atoms. The Hall–Kier alpha value is -1.64. The maximum Gasteiger partial charge on any atom is 0.0945 e. The lowest BCUT2D eigenvalue weighted by Crippen LogP contribution is -2.19. The van der Waals surface area contributed by atoms with Crippen LogP contribution in [0.15, 0.2) is 37.1 Å². The van der Waals surface area contributed by atoms with Gasteiger partial charge in [-0.3, -0.25) is 4.98 Å². The summed E-state index contributed by atoms with van der Waals surface area (Å²) in [6.07, 6.45) is 11.2. The van der Waals surface area contributed by atoms with Crippen LogP contribution < -0.4 is 0 Å². The zero-order valence-electron chi connectivity index (χ0n) is 9.21. The molecule has 0 amide bonds. The van der Waals surface area contributed by atoms with E-state index in [1.54, 1.807) is 0 Å². The van der Waals surface area contributed by atoms with Crippen molar-refractivity contribution >= 4 is 0 Å². The first-order chi connectivity index (χ1) is 7.92.